The van der Waals surface area contributed by atoms with E-state index in [1.807, 2.05) is 30.5 Å². The molecule has 2 aromatic rings. The van der Waals surface area contributed by atoms with E-state index in [0.29, 0.717) is 23.9 Å². The molecule has 2 atom stereocenters. The fraction of sp³-hybridized carbons (Fsp3) is 0.353. The lowest BCUT2D eigenvalue weighted by Crippen LogP contribution is -2.47. The van der Waals surface area contributed by atoms with Gasteiger partial charge in [-0.1, -0.05) is 18.2 Å². The maximum absolute atomic E-state index is 11.9. The standard InChI is InChI=1S/C17H19N3O3/c21-13(9-5-6-9)8-19-14-15(17(23)16(14)22)20-12-7-18-11-4-2-1-3-10(11)12/h1-4,7,9,13,17-21,23H,5-6,8H2. The number of anilines is 1. The van der Waals surface area contributed by atoms with Crippen LogP contribution >= 0.6 is 0 Å². The van der Waals surface area contributed by atoms with Gasteiger partial charge in [0.25, 0.3) is 0 Å². The number of hydrogen-bond acceptors (Lipinski definition) is 5. The van der Waals surface area contributed by atoms with E-state index in [-0.39, 0.29) is 5.78 Å². The van der Waals surface area contributed by atoms with E-state index in [2.05, 4.69) is 15.6 Å². The topological polar surface area (TPSA) is 97.4 Å². The average molecular weight is 313 g/mol. The SMILES string of the molecule is O=C1C(NCC(O)C2CC2)=C(Nc2c[nH]c3ccccc23)C1O. The van der Waals surface area contributed by atoms with Gasteiger partial charge < -0.3 is 25.8 Å². The molecule has 1 fully saturated rings. The van der Waals surface area contributed by atoms with E-state index in [1.54, 1.807) is 0 Å². The van der Waals surface area contributed by atoms with Crippen molar-refractivity contribution in [2.24, 2.45) is 5.92 Å². The molecule has 0 radical (unpaired) electrons. The van der Waals surface area contributed by atoms with Crippen molar-refractivity contribution in [1.29, 1.82) is 0 Å². The minimum Gasteiger partial charge on any atom is -0.391 e. The van der Waals surface area contributed by atoms with Crippen LogP contribution in [-0.4, -0.2) is 39.7 Å². The molecule has 0 amide bonds. The van der Waals surface area contributed by atoms with Gasteiger partial charge in [-0.25, -0.2) is 0 Å². The molecule has 6 nitrogen and oxygen atoms in total. The van der Waals surface area contributed by atoms with Gasteiger partial charge in [-0.3, -0.25) is 4.79 Å². The summed E-state index contributed by atoms with van der Waals surface area (Å²) in [5.74, 6) is 0.00330. The van der Waals surface area contributed by atoms with Crippen LogP contribution in [0.15, 0.2) is 41.9 Å². The monoisotopic (exact) mass is 313 g/mol. The molecule has 1 heterocycles. The first-order valence-corrected chi connectivity index (χ1v) is 7.86. The van der Waals surface area contributed by atoms with Crippen LogP contribution in [0.2, 0.25) is 0 Å². The number of aliphatic hydroxyl groups excluding tert-OH is 2. The van der Waals surface area contributed by atoms with Crippen molar-refractivity contribution in [2.45, 2.75) is 25.0 Å². The zero-order valence-electron chi connectivity index (χ0n) is 12.5. The smallest absolute Gasteiger partial charge is 0.215 e. The summed E-state index contributed by atoms with van der Waals surface area (Å²) >= 11 is 0. The summed E-state index contributed by atoms with van der Waals surface area (Å²) in [7, 11) is 0. The fourth-order valence-corrected chi connectivity index (χ4v) is 2.95. The first-order valence-electron chi connectivity index (χ1n) is 7.86. The normalized spacial score (nSPS) is 22.2. The van der Waals surface area contributed by atoms with Crippen molar-refractivity contribution in [3.8, 4) is 0 Å². The second-order valence-electron chi connectivity index (χ2n) is 6.21. The Hall–Kier alpha value is -2.31. The van der Waals surface area contributed by atoms with Crippen LogP contribution in [0.3, 0.4) is 0 Å². The molecular weight excluding hydrogens is 294 g/mol. The minimum atomic E-state index is -1.13. The van der Waals surface area contributed by atoms with E-state index >= 15 is 0 Å². The van der Waals surface area contributed by atoms with Gasteiger partial charge in [0.15, 0.2) is 6.10 Å². The lowest BCUT2D eigenvalue weighted by Gasteiger charge is -2.30. The summed E-state index contributed by atoms with van der Waals surface area (Å²) < 4.78 is 0. The van der Waals surface area contributed by atoms with Gasteiger partial charge in [0.2, 0.25) is 5.78 Å². The number of carbonyl (C=O) groups is 1. The Kier molecular flexibility index (Phi) is 3.36. The molecule has 5 N–H and O–H groups in total. The number of fused-ring (bicyclic) bond motifs is 1. The van der Waals surface area contributed by atoms with Gasteiger partial charge in [0.1, 0.15) is 5.70 Å². The minimum absolute atomic E-state index is 0.331. The number of aliphatic hydroxyl groups is 2. The number of rotatable bonds is 6. The number of nitrogens with one attached hydrogen (secondary N) is 3. The zero-order valence-corrected chi connectivity index (χ0v) is 12.5. The predicted molar refractivity (Wildman–Crippen MR) is 86.7 cm³/mol. The third-order valence-electron chi connectivity index (χ3n) is 4.55. The van der Waals surface area contributed by atoms with Crippen LogP contribution in [0.1, 0.15) is 12.8 Å². The van der Waals surface area contributed by atoms with Crippen molar-refractivity contribution >= 4 is 22.4 Å². The number of para-hydroxylation sites is 1. The molecule has 120 valence electrons. The van der Waals surface area contributed by atoms with Gasteiger partial charge in [0, 0.05) is 23.6 Å². The van der Waals surface area contributed by atoms with Gasteiger partial charge in [-0.15, -0.1) is 0 Å². The summed E-state index contributed by atoms with van der Waals surface area (Å²) in [5.41, 5.74) is 2.61. The Morgan fingerprint density at radius 3 is 2.87 bits per heavy atom. The highest BCUT2D eigenvalue weighted by Gasteiger charge is 2.39. The zero-order chi connectivity index (χ0) is 16.0. The molecule has 0 saturated heterocycles. The van der Waals surface area contributed by atoms with Crippen LogP contribution in [0.4, 0.5) is 5.69 Å². The Morgan fingerprint density at radius 2 is 2.09 bits per heavy atom. The van der Waals surface area contributed by atoms with Gasteiger partial charge in [-0.2, -0.15) is 0 Å². The highest BCUT2D eigenvalue weighted by Crippen LogP contribution is 2.33. The second kappa shape index (κ2) is 5.40. The maximum Gasteiger partial charge on any atom is 0.215 e. The van der Waals surface area contributed by atoms with Crippen LogP contribution in [0.25, 0.3) is 10.9 Å². The molecule has 6 heteroatoms. The molecule has 2 aliphatic carbocycles. The molecule has 1 aromatic heterocycles. The highest BCUT2D eigenvalue weighted by atomic mass is 16.3. The maximum atomic E-state index is 11.9. The highest BCUT2D eigenvalue weighted by molar-refractivity contribution is 6.09. The predicted octanol–water partition coefficient (Wildman–Crippen LogP) is 1.10. The van der Waals surface area contributed by atoms with Crippen LogP contribution in [0, 0.1) is 5.92 Å². The van der Waals surface area contributed by atoms with E-state index in [4.69, 9.17) is 0 Å². The molecule has 4 rings (SSSR count). The van der Waals surface area contributed by atoms with Crippen molar-refractivity contribution < 1.29 is 15.0 Å². The number of Topliss-reactive ketones (excluding diaryl/α,β-unsaturated/α-hetero) is 1. The van der Waals surface area contributed by atoms with Crippen molar-refractivity contribution in [1.82, 2.24) is 10.3 Å². The summed E-state index contributed by atoms with van der Waals surface area (Å²) in [6, 6.07) is 7.80. The summed E-state index contributed by atoms with van der Waals surface area (Å²) in [6.07, 6.45) is 2.31. The summed E-state index contributed by atoms with van der Waals surface area (Å²) in [6.45, 7) is 0.331. The quantitative estimate of drug-likeness (QED) is 0.550. The van der Waals surface area contributed by atoms with E-state index in [0.717, 1.165) is 29.4 Å². The van der Waals surface area contributed by atoms with Gasteiger partial charge in [-0.05, 0) is 24.8 Å². The number of aromatic amines is 1. The van der Waals surface area contributed by atoms with Crippen molar-refractivity contribution in [2.75, 3.05) is 11.9 Å². The summed E-state index contributed by atoms with van der Waals surface area (Å²) in [4.78, 5) is 15.0. The molecule has 0 spiro atoms. The number of hydrogen-bond donors (Lipinski definition) is 5. The van der Waals surface area contributed by atoms with Crippen LogP contribution < -0.4 is 10.6 Å². The Labute approximate surface area is 133 Å². The number of ketones is 1. The van der Waals surface area contributed by atoms with E-state index < -0.39 is 12.2 Å². The molecule has 0 bridgehead atoms. The van der Waals surface area contributed by atoms with Crippen LogP contribution in [-0.2, 0) is 4.79 Å². The molecule has 1 saturated carbocycles. The summed E-state index contributed by atoms with van der Waals surface area (Å²) in [5, 5.41) is 26.9. The number of H-pyrrole nitrogens is 1. The van der Waals surface area contributed by atoms with E-state index in [9.17, 15) is 15.0 Å². The Morgan fingerprint density at radius 1 is 1.30 bits per heavy atom. The molecular formula is C17H19N3O3. The number of benzene rings is 1. The third kappa shape index (κ3) is 2.50. The van der Waals surface area contributed by atoms with Gasteiger partial charge >= 0.3 is 0 Å². The van der Waals surface area contributed by atoms with Gasteiger partial charge in [0.05, 0.1) is 17.5 Å². The van der Waals surface area contributed by atoms with Crippen molar-refractivity contribution in [3.05, 3.63) is 41.9 Å². The van der Waals surface area contributed by atoms with Crippen LogP contribution in [0.5, 0.6) is 0 Å². The largest absolute Gasteiger partial charge is 0.391 e. The molecule has 2 unspecified atom stereocenters. The average Bonchev–Trinajstić information content (AvgIpc) is 3.35. The Balaban J connectivity index is 1.54. The lowest BCUT2D eigenvalue weighted by atomic mass is 9.94. The molecule has 2 aliphatic rings. The van der Waals surface area contributed by atoms with Crippen molar-refractivity contribution in [3.63, 3.8) is 0 Å². The Bertz CT molecular complexity index is 791. The van der Waals surface area contributed by atoms with E-state index in [1.165, 1.54) is 0 Å². The first kappa shape index (κ1) is 14.3. The second-order valence-corrected chi connectivity index (χ2v) is 6.21. The first-order chi connectivity index (χ1) is 11.1. The third-order valence-corrected chi connectivity index (χ3v) is 4.55. The lowest BCUT2D eigenvalue weighted by molar-refractivity contribution is -0.124. The fourth-order valence-electron chi connectivity index (χ4n) is 2.95. The molecule has 23 heavy (non-hydrogen) atoms. The number of aromatic nitrogens is 1. The molecule has 0 aliphatic heterocycles. The molecule has 1 aromatic carbocycles. The number of carbonyl (C=O) groups excluding carboxylic acids is 1.